The number of ether oxygens (including phenoxy) is 3. The molecule has 1 saturated heterocycles. The summed E-state index contributed by atoms with van der Waals surface area (Å²) in [5.74, 6) is 0. The lowest BCUT2D eigenvalue weighted by Gasteiger charge is -2.25. The molecule has 18 heavy (non-hydrogen) atoms. The van der Waals surface area contributed by atoms with Crippen LogP contribution in [-0.2, 0) is 14.2 Å². The third-order valence-electron chi connectivity index (χ3n) is 2.78. The number of hydrogen-bond acceptors (Lipinski definition) is 5. The smallest absolute Gasteiger partial charge is 0.0701 e. The van der Waals surface area contributed by atoms with Gasteiger partial charge in [0.2, 0.25) is 0 Å². The second kappa shape index (κ2) is 8.02. The Bertz CT molecular complexity index is 309. The summed E-state index contributed by atoms with van der Waals surface area (Å²) in [6.45, 7) is 5.67. The van der Waals surface area contributed by atoms with E-state index in [0.717, 1.165) is 18.8 Å². The van der Waals surface area contributed by atoms with Crippen molar-refractivity contribution in [1.29, 1.82) is 0 Å². The monoisotopic (exact) mass is 252 g/mol. The van der Waals surface area contributed by atoms with Gasteiger partial charge in [0.1, 0.15) is 0 Å². The molecule has 100 valence electrons. The molecule has 1 aliphatic heterocycles. The molecule has 0 atom stereocenters. The maximum absolute atomic E-state index is 5.54. The second-order valence-electron chi connectivity index (χ2n) is 4.03. The van der Waals surface area contributed by atoms with Crippen molar-refractivity contribution in [3.63, 3.8) is 0 Å². The second-order valence-corrected chi connectivity index (χ2v) is 4.03. The molecule has 1 aromatic rings. The standard InChI is InChI=1S/C13H20N2O3/c1-3-14-4-2-13(1)15-5-7-16-9-11-18-12-10-17-8-6-15/h1-4H,5-12H2. The van der Waals surface area contributed by atoms with Gasteiger partial charge in [-0.25, -0.2) is 0 Å². The van der Waals surface area contributed by atoms with Crippen molar-refractivity contribution in [2.45, 2.75) is 0 Å². The average molecular weight is 252 g/mol. The topological polar surface area (TPSA) is 43.8 Å². The minimum atomic E-state index is 0.638. The van der Waals surface area contributed by atoms with Gasteiger partial charge in [-0.05, 0) is 12.1 Å². The molecule has 0 unspecified atom stereocenters. The third-order valence-corrected chi connectivity index (χ3v) is 2.78. The molecule has 0 amide bonds. The van der Waals surface area contributed by atoms with Crippen LogP contribution in [0.4, 0.5) is 5.69 Å². The van der Waals surface area contributed by atoms with Crippen LogP contribution in [0.3, 0.4) is 0 Å². The van der Waals surface area contributed by atoms with E-state index in [1.54, 1.807) is 12.4 Å². The molecule has 0 bridgehead atoms. The summed E-state index contributed by atoms with van der Waals surface area (Å²) in [5.41, 5.74) is 1.16. The van der Waals surface area contributed by atoms with Gasteiger partial charge in [0.25, 0.3) is 0 Å². The fourth-order valence-corrected chi connectivity index (χ4v) is 1.82. The Morgan fingerprint density at radius 1 is 0.778 bits per heavy atom. The molecule has 5 nitrogen and oxygen atoms in total. The van der Waals surface area contributed by atoms with Crippen LogP contribution in [0.1, 0.15) is 0 Å². The lowest BCUT2D eigenvalue weighted by atomic mass is 10.3. The Labute approximate surface area is 108 Å². The SMILES string of the molecule is c1cc(N2CCOCCOCCOCC2)ccn1. The van der Waals surface area contributed by atoms with E-state index >= 15 is 0 Å². The Hall–Kier alpha value is -1.17. The molecule has 0 aromatic carbocycles. The molecule has 2 heterocycles. The van der Waals surface area contributed by atoms with Gasteiger partial charge < -0.3 is 19.1 Å². The fraction of sp³-hybridized carbons (Fsp3) is 0.615. The first-order valence-corrected chi connectivity index (χ1v) is 6.35. The average Bonchev–Trinajstić information content (AvgIpc) is 2.40. The maximum Gasteiger partial charge on any atom is 0.0701 e. The summed E-state index contributed by atoms with van der Waals surface area (Å²) in [6.07, 6.45) is 3.61. The van der Waals surface area contributed by atoms with Crippen molar-refractivity contribution in [3.8, 4) is 0 Å². The van der Waals surface area contributed by atoms with Crippen molar-refractivity contribution in [2.75, 3.05) is 57.6 Å². The minimum absolute atomic E-state index is 0.638. The Balaban J connectivity index is 1.89. The number of aromatic nitrogens is 1. The fourth-order valence-electron chi connectivity index (χ4n) is 1.82. The van der Waals surface area contributed by atoms with Gasteiger partial charge in [0, 0.05) is 31.2 Å². The Morgan fingerprint density at radius 2 is 1.28 bits per heavy atom. The molecule has 2 rings (SSSR count). The molecule has 0 aliphatic carbocycles. The molecular formula is C13H20N2O3. The highest BCUT2D eigenvalue weighted by molar-refractivity contribution is 5.44. The lowest BCUT2D eigenvalue weighted by molar-refractivity contribution is 0.0126. The van der Waals surface area contributed by atoms with Gasteiger partial charge in [-0.15, -0.1) is 0 Å². The van der Waals surface area contributed by atoms with Crippen LogP contribution in [-0.4, -0.2) is 57.7 Å². The third kappa shape index (κ3) is 4.60. The molecule has 0 spiro atoms. The van der Waals surface area contributed by atoms with E-state index in [4.69, 9.17) is 14.2 Å². The van der Waals surface area contributed by atoms with E-state index in [1.165, 1.54) is 0 Å². The summed E-state index contributed by atoms with van der Waals surface area (Å²) in [4.78, 5) is 6.29. The molecule has 5 heteroatoms. The highest BCUT2D eigenvalue weighted by atomic mass is 16.5. The summed E-state index contributed by atoms with van der Waals surface area (Å²) in [6, 6.07) is 4.02. The van der Waals surface area contributed by atoms with E-state index in [9.17, 15) is 0 Å². The summed E-state index contributed by atoms with van der Waals surface area (Å²) >= 11 is 0. The molecule has 1 aliphatic rings. The predicted molar refractivity (Wildman–Crippen MR) is 68.9 cm³/mol. The zero-order chi connectivity index (χ0) is 12.5. The van der Waals surface area contributed by atoms with Crippen LogP contribution in [0, 0.1) is 0 Å². The first-order chi connectivity index (χ1) is 8.97. The summed E-state index contributed by atoms with van der Waals surface area (Å²) < 4.78 is 16.4. The highest BCUT2D eigenvalue weighted by Gasteiger charge is 2.07. The molecule has 0 N–H and O–H groups in total. The zero-order valence-electron chi connectivity index (χ0n) is 10.6. The van der Waals surface area contributed by atoms with Crippen LogP contribution in [0.5, 0.6) is 0 Å². The molecular weight excluding hydrogens is 232 g/mol. The molecule has 1 aromatic heterocycles. The van der Waals surface area contributed by atoms with Crippen LogP contribution >= 0.6 is 0 Å². The highest BCUT2D eigenvalue weighted by Crippen LogP contribution is 2.11. The molecule has 0 radical (unpaired) electrons. The zero-order valence-corrected chi connectivity index (χ0v) is 10.6. The number of hydrogen-bond donors (Lipinski definition) is 0. The normalized spacial score (nSPS) is 19.9. The van der Waals surface area contributed by atoms with E-state index in [1.807, 2.05) is 12.1 Å². The van der Waals surface area contributed by atoms with Crippen LogP contribution in [0.15, 0.2) is 24.5 Å². The number of rotatable bonds is 1. The van der Waals surface area contributed by atoms with Crippen molar-refractivity contribution in [2.24, 2.45) is 0 Å². The molecule has 0 saturated carbocycles. The van der Waals surface area contributed by atoms with Crippen LogP contribution < -0.4 is 4.90 Å². The van der Waals surface area contributed by atoms with E-state index in [0.29, 0.717) is 39.6 Å². The minimum Gasteiger partial charge on any atom is -0.377 e. The maximum atomic E-state index is 5.54. The van der Waals surface area contributed by atoms with Crippen LogP contribution in [0.25, 0.3) is 0 Å². The van der Waals surface area contributed by atoms with Crippen molar-refractivity contribution in [3.05, 3.63) is 24.5 Å². The van der Waals surface area contributed by atoms with Gasteiger partial charge in [0.15, 0.2) is 0 Å². The van der Waals surface area contributed by atoms with Crippen molar-refractivity contribution in [1.82, 2.24) is 4.98 Å². The predicted octanol–water partition coefficient (Wildman–Crippen LogP) is 0.951. The largest absolute Gasteiger partial charge is 0.377 e. The van der Waals surface area contributed by atoms with E-state index in [-0.39, 0.29) is 0 Å². The number of anilines is 1. The van der Waals surface area contributed by atoms with Gasteiger partial charge in [-0.1, -0.05) is 0 Å². The van der Waals surface area contributed by atoms with Gasteiger partial charge in [-0.3, -0.25) is 4.98 Å². The van der Waals surface area contributed by atoms with Gasteiger partial charge in [0.05, 0.1) is 39.6 Å². The first kappa shape index (κ1) is 13.3. The lowest BCUT2D eigenvalue weighted by Crippen LogP contribution is -2.32. The Morgan fingerprint density at radius 3 is 1.83 bits per heavy atom. The summed E-state index contributed by atoms with van der Waals surface area (Å²) in [5, 5.41) is 0. The number of pyridine rings is 1. The van der Waals surface area contributed by atoms with E-state index in [2.05, 4.69) is 9.88 Å². The first-order valence-electron chi connectivity index (χ1n) is 6.35. The Kier molecular flexibility index (Phi) is 5.91. The number of nitrogens with zero attached hydrogens (tertiary/aromatic N) is 2. The quantitative estimate of drug-likeness (QED) is 0.744. The van der Waals surface area contributed by atoms with Crippen LogP contribution in [0.2, 0.25) is 0 Å². The van der Waals surface area contributed by atoms with Crippen molar-refractivity contribution < 1.29 is 14.2 Å². The molecule has 1 fully saturated rings. The van der Waals surface area contributed by atoms with Crippen molar-refractivity contribution >= 4 is 5.69 Å². The summed E-state index contributed by atoms with van der Waals surface area (Å²) in [7, 11) is 0. The van der Waals surface area contributed by atoms with Gasteiger partial charge >= 0.3 is 0 Å². The van der Waals surface area contributed by atoms with Gasteiger partial charge in [-0.2, -0.15) is 0 Å². The van der Waals surface area contributed by atoms with E-state index < -0.39 is 0 Å².